The Balaban J connectivity index is 0.000000396. The van der Waals surface area contributed by atoms with Crippen molar-refractivity contribution in [2.45, 2.75) is 26.1 Å². The van der Waals surface area contributed by atoms with E-state index in [9.17, 15) is 18.0 Å². The molecule has 0 aliphatic rings. The minimum atomic E-state index is -5.08. The molecule has 0 atom stereocenters. The molecule has 0 aliphatic heterocycles. The quantitative estimate of drug-likeness (QED) is 0.528. The van der Waals surface area contributed by atoms with E-state index in [0.717, 1.165) is 24.2 Å². The number of nitrogens with zero attached hydrogens (tertiary/aromatic N) is 3. The molecule has 0 radical (unpaired) electrons. The van der Waals surface area contributed by atoms with Crippen LogP contribution < -0.4 is 5.32 Å². The lowest BCUT2D eigenvalue weighted by Gasteiger charge is -2.04. The van der Waals surface area contributed by atoms with E-state index in [1.807, 2.05) is 42.0 Å². The topological polar surface area (TPSA) is 113 Å². The number of rotatable bonds is 6. The first-order valence-corrected chi connectivity index (χ1v) is 8.83. The lowest BCUT2D eigenvalue weighted by atomic mass is 10.1. The second-order valence-electron chi connectivity index (χ2n) is 6.25. The van der Waals surface area contributed by atoms with Crippen molar-refractivity contribution < 1.29 is 27.9 Å². The Labute approximate surface area is 169 Å². The molecule has 0 spiro atoms. The molecule has 3 N–H and O–H groups in total. The number of halogens is 3. The van der Waals surface area contributed by atoms with Crippen LogP contribution in [0.15, 0.2) is 49.1 Å². The molecule has 11 heteroatoms. The Morgan fingerprint density at radius 3 is 2.47 bits per heavy atom. The van der Waals surface area contributed by atoms with Gasteiger partial charge in [-0.2, -0.15) is 18.3 Å². The van der Waals surface area contributed by atoms with Crippen molar-refractivity contribution in [1.29, 1.82) is 0 Å². The third-order valence-electron chi connectivity index (χ3n) is 3.85. The summed E-state index contributed by atoms with van der Waals surface area (Å²) < 4.78 is 33.7. The van der Waals surface area contributed by atoms with E-state index in [0.29, 0.717) is 12.2 Å². The van der Waals surface area contributed by atoms with Crippen LogP contribution in [0, 0.1) is 6.92 Å². The molecule has 3 rings (SSSR count). The fourth-order valence-electron chi connectivity index (χ4n) is 2.29. The fourth-order valence-corrected chi connectivity index (χ4v) is 2.29. The van der Waals surface area contributed by atoms with E-state index in [1.54, 1.807) is 18.6 Å². The second-order valence-corrected chi connectivity index (χ2v) is 6.25. The van der Waals surface area contributed by atoms with Gasteiger partial charge in [0.25, 0.3) is 5.91 Å². The van der Waals surface area contributed by atoms with Gasteiger partial charge in [-0.25, -0.2) is 9.78 Å². The van der Waals surface area contributed by atoms with Gasteiger partial charge in [0.15, 0.2) is 0 Å². The molecule has 2 aromatic heterocycles. The van der Waals surface area contributed by atoms with Crippen molar-refractivity contribution in [2.75, 3.05) is 6.54 Å². The highest BCUT2D eigenvalue weighted by molar-refractivity contribution is 5.93. The molecule has 1 aromatic carbocycles. The summed E-state index contributed by atoms with van der Waals surface area (Å²) in [4.78, 5) is 25.0. The van der Waals surface area contributed by atoms with E-state index in [1.165, 1.54) is 5.56 Å². The largest absolute Gasteiger partial charge is 0.490 e. The summed E-state index contributed by atoms with van der Waals surface area (Å²) in [5.74, 6) is -2.89. The van der Waals surface area contributed by atoms with E-state index < -0.39 is 12.1 Å². The monoisotopic (exact) mass is 423 g/mol. The van der Waals surface area contributed by atoms with Crippen LogP contribution in [0.5, 0.6) is 0 Å². The van der Waals surface area contributed by atoms with Crippen molar-refractivity contribution in [3.63, 3.8) is 0 Å². The number of aromatic amines is 1. The van der Waals surface area contributed by atoms with Crippen molar-refractivity contribution >= 4 is 11.9 Å². The Kier molecular flexibility index (Phi) is 7.73. The number of benzene rings is 1. The zero-order chi connectivity index (χ0) is 22.1. The van der Waals surface area contributed by atoms with Gasteiger partial charge >= 0.3 is 12.1 Å². The van der Waals surface area contributed by atoms with Gasteiger partial charge in [0.2, 0.25) is 0 Å². The third kappa shape index (κ3) is 7.08. The van der Waals surface area contributed by atoms with Crippen LogP contribution >= 0.6 is 0 Å². The number of imidazole rings is 1. The Bertz CT molecular complexity index is 951. The zero-order valence-corrected chi connectivity index (χ0v) is 16.0. The van der Waals surface area contributed by atoms with Crippen molar-refractivity contribution in [3.8, 4) is 11.3 Å². The van der Waals surface area contributed by atoms with Gasteiger partial charge in [0, 0.05) is 31.0 Å². The average molecular weight is 423 g/mol. The molecule has 3 aromatic rings. The number of aliphatic carboxylic acids is 1. The van der Waals surface area contributed by atoms with Crippen molar-refractivity contribution in [2.24, 2.45) is 0 Å². The molecule has 0 saturated heterocycles. The van der Waals surface area contributed by atoms with E-state index in [4.69, 9.17) is 9.90 Å². The van der Waals surface area contributed by atoms with Gasteiger partial charge < -0.3 is 15.0 Å². The number of aryl methyl sites for hydroxylation is 2. The van der Waals surface area contributed by atoms with Crippen LogP contribution in [-0.2, 0) is 11.3 Å². The van der Waals surface area contributed by atoms with Crippen molar-refractivity contribution in [3.05, 3.63) is 60.3 Å². The number of carbonyl (C=O) groups excluding carboxylic acids is 1. The maximum absolute atomic E-state index is 12.1. The highest BCUT2D eigenvalue weighted by Gasteiger charge is 2.38. The van der Waals surface area contributed by atoms with Gasteiger partial charge in [-0.05, 0) is 19.4 Å². The molecule has 1 amide bonds. The summed E-state index contributed by atoms with van der Waals surface area (Å²) in [7, 11) is 0. The van der Waals surface area contributed by atoms with Gasteiger partial charge in [0.1, 0.15) is 5.69 Å². The third-order valence-corrected chi connectivity index (χ3v) is 3.85. The maximum atomic E-state index is 12.1. The lowest BCUT2D eigenvalue weighted by Crippen LogP contribution is -2.25. The maximum Gasteiger partial charge on any atom is 0.490 e. The summed E-state index contributed by atoms with van der Waals surface area (Å²) >= 11 is 0. The lowest BCUT2D eigenvalue weighted by molar-refractivity contribution is -0.192. The van der Waals surface area contributed by atoms with Crippen LogP contribution in [0.2, 0.25) is 0 Å². The zero-order valence-electron chi connectivity index (χ0n) is 16.0. The summed E-state index contributed by atoms with van der Waals surface area (Å²) in [5, 5.41) is 17.0. The summed E-state index contributed by atoms with van der Waals surface area (Å²) in [6.07, 6.45) is 1.19. The van der Waals surface area contributed by atoms with E-state index >= 15 is 0 Å². The highest BCUT2D eigenvalue weighted by atomic mass is 19.4. The number of carboxylic acids is 1. The van der Waals surface area contributed by atoms with Crippen LogP contribution in [0.4, 0.5) is 13.2 Å². The van der Waals surface area contributed by atoms with Gasteiger partial charge in [0.05, 0.1) is 12.0 Å². The average Bonchev–Trinajstić information content (AvgIpc) is 3.37. The van der Waals surface area contributed by atoms with Crippen LogP contribution in [-0.4, -0.2) is 49.5 Å². The Morgan fingerprint density at radius 2 is 1.90 bits per heavy atom. The predicted octanol–water partition coefficient (Wildman–Crippen LogP) is 3.04. The molecule has 0 saturated carbocycles. The standard InChI is InChI=1S/C17H19N5O.C2HF3O2/c1-13-3-5-14(6-4-13)15-11-16(21-20-15)17(23)19-7-2-9-22-10-8-18-12-22;3-2(4,5)1(6)7/h3-6,8,10-12H,2,7,9H2,1H3,(H,19,23)(H,20,21);(H,6,7). The molecule has 8 nitrogen and oxygen atoms in total. The number of alkyl halides is 3. The SMILES string of the molecule is Cc1ccc(-c2cc(C(=O)NCCCn3ccnc3)[nH]n2)cc1.O=C(O)C(F)(F)F. The van der Waals surface area contributed by atoms with Crippen LogP contribution in [0.1, 0.15) is 22.5 Å². The first-order chi connectivity index (χ1) is 14.2. The molecule has 0 aliphatic carbocycles. The highest BCUT2D eigenvalue weighted by Crippen LogP contribution is 2.18. The minimum absolute atomic E-state index is 0.138. The van der Waals surface area contributed by atoms with E-state index in [2.05, 4.69) is 20.5 Å². The number of amides is 1. The van der Waals surface area contributed by atoms with E-state index in [-0.39, 0.29) is 5.91 Å². The summed E-state index contributed by atoms with van der Waals surface area (Å²) in [6, 6.07) is 9.83. The number of carbonyl (C=O) groups is 2. The molecule has 2 heterocycles. The number of hydrogen-bond donors (Lipinski definition) is 3. The van der Waals surface area contributed by atoms with Crippen LogP contribution in [0.3, 0.4) is 0 Å². The Hall–Kier alpha value is -3.63. The molecular weight excluding hydrogens is 403 g/mol. The Morgan fingerprint density at radius 1 is 1.23 bits per heavy atom. The minimum Gasteiger partial charge on any atom is -0.475 e. The molecular formula is C19H20F3N5O3. The number of aromatic nitrogens is 4. The molecule has 160 valence electrons. The molecule has 0 fully saturated rings. The first kappa shape index (κ1) is 22.7. The number of carboxylic acid groups (broad SMARTS) is 1. The number of H-pyrrole nitrogens is 1. The van der Waals surface area contributed by atoms with Gasteiger partial charge in [-0.1, -0.05) is 29.8 Å². The second kappa shape index (κ2) is 10.2. The van der Waals surface area contributed by atoms with Gasteiger partial charge in [-0.15, -0.1) is 0 Å². The smallest absolute Gasteiger partial charge is 0.475 e. The summed E-state index contributed by atoms with van der Waals surface area (Å²) in [6.45, 7) is 3.48. The number of hydrogen-bond acceptors (Lipinski definition) is 4. The normalized spacial score (nSPS) is 10.8. The summed E-state index contributed by atoms with van der Waals surface area (Å²) in [5.41, 5.74) is 3.43. The van der Waals surface area contributed by atoms with Crippen molar-refractivity contribution in [1.82, 2.24) is 25.1 Å². The van der Waals surface area contributed by atoms with Gasteiger partial charge in [-0.3, -0.25) is 9.89 Å². The first-order valence-electron chi connectivity index (χ1n) is 8.83. The van der Waals surface area contributed by atoms with Crippen LogP contribution in [0.25, 0.3) is 11.3 Å². The predicted molar refractivity (Wildman–Crippen MR) is 102 cm³/mol. The molecule has 30 heavy (non-hydrogen) atoms. The fraction of sp³-hybridized carbons (Fsp3) is 0.263. The molecule has 0 bridgehead atoms. The molecule has 0 unspecified atom stereocenters. The number of nitrogens with one attached hydrogen (secondary N) is 2.